The zero-order valence-electron chi connectivity index (χ0n) is 20.1. The van der Waals surface area contributed by atoms with E-state index in [1.54, 1.807) is 4.90 Å². The molecule has 2 aromatic carbocycles. The molecule has 0 aromatic heterocycles. The summed E-state index contributed by atoms with van der Waals surface area (Å²) in [5.74, 6) is 0.455. The van der Waals surface area contributed by atoms with Gasteiger partial charge in [0.1, 0.15) is 6.04 Å². The summed E-state index contributed by atoms with van der Waals surface area (Å²) in [7, 11) is 0. The van der Waals surface area contributed by atoms with Gasteiger partial charge in [0.25, 0.3) is 0 Å². The third-order valence-corrected chi connectivity index (χ3v) is 7.19. The predicted octanol–water partition coefficient (Wildman–Crippen LogP) is 6.37. The number of nitrogens with one attached hydrogen (secondary N) is 1. The topological polar surface area (TPSA) is 49.4 Å². The van der Waals surface area contributed by atoms with Crippen LogP contribution in [0.1, 0.15) is 81.9 Å². The summed E-state index contributed by atoms with van der Waals surface area (Å²) in [5.41, 5.74) is 3.47. The molecule has 1 saturated carbocycles. The van der Waals surface area contributed by atoms with Crippen molar-refractivity contribution < 1.29 is 9.59 Å². The molecule has 1 N–H and O–H groups in total. The Morgan fingerprint density at radius 1 is 0.939 bits per heavy atom. The number of amides is 2. The Balaban J connectivity index is 1.68. The van der Waals surface area contributed by atoms with Gasteiger partial charge in [-0.1, -0.05) is 85.4 Å². The largest absolute Gasteiger partial charge is 0.352 e. The van der Waals surface area contributed by atoms with Crippen molar-refractivity contribution in [3.05, 3.63) is 69.7 Å². The summed E-state index contributed by atoms with van der Waals surface area (Å²) in [6.45, 7) is 6.64. The Morgan fingerprint density at radius 2 is 1.55 bits per heavy atom. The second-order valence-electron chi connectivity index (χ2n) is 9.56. The molecule has 5 heteroatoms. The number of hydrogen-bond acceptors (Lipinski definition) is 2. The molecule has 0 radical (unpaired) electrons. The van der Waals surface area contributed by atoms with E-state index >= 15 is 0 Å². The zero-order valence-corrected chi connectivity index (χ0v) is 21.7. The lowest BCUT2D eigenvalue weighted by atomic mass is 9.95. The molecule has 178 valence electrons. The van der Waals surface area contributed by atoms with E-state index in [9.17, 15) is 9.59 Å². The molecule has 0 heterocycles. The smallest absolute Gasteiger partial charge is 0.242 e. The van der Waals surface area contributed by atoms with Gasteiger partial charge in [0.15, 0.2) is 0 Å². The van der Waals surface area contributed by atoms with Crippen LogP contribution in [0.25, 0.3) is 0 Å². The van der Waals surface area contributed by atoms with Crippen LogP contribution in [-0.2, 0) is 22.6 Å². The molecule has 0 bridgehead atoms. The summed E-state index contributed by atoms with van der Waals surface area (Å²) in [6.07, 6.45) is 6.70. The fraction of sp³-hybridized carbons (Fsp3) is 0.500. The van der Waals surface area contributed by atoms with E-state index < -0.39 is 6.04 Å². The summed E-state index contributed by atoms with van der Waals surface area (Å²) >= 11 is 3.47. The molecule has 0 saturated heterocycles. The minimum atomic E-state index is -0.508. The van der Waals surface area contributed by atoms with Crippen molar-refractivity contribution in [3.8, 4) is 0 Å². The van der Waals surface area contributed by atoms with Crippen LogP contribution in [0.4, 0.5) is 0 Å². The van der Waals surface area contributed by atoms with E-state index in [1.807, 2.05) is 31.2 Å². The number of aryl methyl sites for hydroxylation is 1. The van der Waals surface area contributed by atoms with Crippen molar-refractivity contribution in [1.29, 1.82) is 0 Å². The number of rotatable bonds is 9. The highest BCUT2D eigenvalue weighted by Gasteiger charge is 2.28. The van der Waals surface area contributed by atoms with Crippen molar-refractivity contribution in [2.24, 2.45) is 0 Å². The maximum absolute atomic E-state index is 13.3. The van der Waals surface area contributed by atoms with E-state index in [2.05, 4.69) is 59.4 Å². The van der Waals surface area contributed by atoms with Crippen LogP contribution in [0.3, 0.4) is 0 Å². The lowest BCUT2D eigenvalue weighted by Gasteiger charge is -2.31. The number of benzene rings is 2. The average Bonchev–Trinajstić information content (AvgIpc) is 2.82. The molecule has 2 aromatic rings. The molecule has 1 aliphatic carbocycles. The number of carbonyl (C=O) groups excluding carboxylic acids is 2. The van der Waals surface area contributed by atoms with Crippen molar-refractivity contribution in [3.63, 3.8) is 0 Å². The van der Waals surface area contributed by atoms with Gasteiger partial charge in [-0.05, 0) is 60.9 Å². The molecule has 1 atom stereocenters. The highest BCUT2D eigenvalue weighted by atomic mass is 79.9. The third-order valence-electron chi connectivity index (χ3n) is 6.66. The quantitative estimate of drug-likeness (QED) is 0.424. The van der Waals surface area contributed by atoms with Crippen LogP contribution in [0.5, 0.6) is 0 Å². The summed E-state index contributed by atoms with van der Waals surface area (Å²) in [4.78, 5) is 28.1. The summed E-state index contributed by atoms with van der Waals surface area (Å²) < 4.78 is 0.997. The van der Waals surface area contributed by atoms with Gasteiger partial charge in [-0.25, -0.2) is 0 Å². The monoisotopic (exact) mass is 512 g/mol. The average molecular weight is 514 g/mol. The van der Waals surface area contributed by atoms with Gasteiger partial charge in [-0.15, -0.1) is 0 Å². The first-order valence-electron chi connectivity index (χ1n) is 12.3. The van der Waals surface area contributed by atoms with E-state index in [0.29, 0.717) is 25.3 Å². The van der Waals surface area contributed by atoms with Crippen LogP contribution < -0.4 is 5.32 Å². The van der Waals surface area contributed by atoms with Crippen LogP contribution in [0.2, 0.25) is 0 Å². The molecule has 0 unspecified atom stereocenters. The van der Waals surface area contributed by atoms with E-state index in [1.165, 1.54) is 12.0 Å². The van der Waals surface area contributed by atoms with Crippen LogP contribution >= 0.6 is 15.9 Å². The molecule has 4 nitrogen and oxygen atoms in total. The number of nitrogens with zero attached hydrogens (tertiary/aromatic N) is 1. The fourth-order valence-electron chi connectivity index (χ4n) is 4.40. The van der Waals surface area contributed by atoms with Gasteiger partial charge in [0, 0.05) is 23.5 Å². The number of carbonyl (C=O) groups is 2. The fourth-order valence-corrected chi connectivity index (χ4v) is 4.67. The highest BCUT2D eigenvalue weighted by Crippen LogP contribution is 2.20. The van der Waals surface area contributed by atoms with Crippen LogP contribution in [-0.4, -0.2) is 28.8 Å². The first-order chi connectivity index (χ1) is 15.8. The van der Waals surface area contributed by atoms with Gasteiger partial charge in [-0.3, -0.25) is 9.59 Å². The molecular weight excluding hydrogens is 476 g/mol. The lowest BCUT2D eigenvalue weighted by molar-refractivity contribution is -0.141. The molecule has 0 spiro atoms. The number of hydrogen-bond donors (Lipinski definition) is 1. The highest BCUT2D eigenvalue weighted by molar-refractivity contribution is 9.10. The molecular formula is C28H37BrN2O2. The summed E-state index contributed by atoms with van der Waals surface area (Å²) in [5, 5.41) is 3.20. The number of halogens is 1. The molecule has 3 rings (SSSR count). The zero-order chi connectivity index (χ0) is 23.8. The lowest BCUT2D eigenvalue weighted by Crippen LogP contribution is -2.50. The molecule has 1 fully saturated rings. The first kappa shape index (κ1) is 25.5. The Bertz CT molecular complexity index is 902. The summed E-state index contributed by atoms with van der Waals surface area (Å²) in [6, 6.07) is 16.2. The van der Waals surface area contributed by atoms with E-state index in [0.717, 1.165) is 41.3 Å². The van der Waals surface area contributed by atoms with Gasteiger partial charge >= 0.3 is 0 Å². The second-order valence-corrected chi connectivity index (χ2v) is 10.5. The van der Waals surface area contributed by atoms with Gasteiger partial charge in [0.05, 0.1) is 0 Å². The van der Waals surface area contributed by atoms with Crippen molar-refractivity contribution in [2.45, 2.75) is 90.3 Å². The maximum Gasteiger partial charge on any atom is 0.242 e. The minimum absolute atomic E-state index is 0.0112. The normalized spacial score (nSPS) is 15.3. The Labute approximate surface area is 207 Å². The SMILES string of the molecule is CC(C)c1ccc(CCC(=O)N(Cc2ccc(Br)cc2)[C@H](C)C(=O)NC2CCCCC2)cc1. The van der Waals surface area contributed by atoms with Gasteiger partial charge < -0.3 is 10.2 Å². The van der Waals surface area contributed by atoms with Crippen molar-refractivity contribution >= 4 is 27.7 Å². The third kappa shape index (κ3) is 7.70. The molecule has 0 aliphatic heterocycles. The molecule has 33 heavy (non-hydrogen) atoms. The maximum atomic E-state index is 13.3. The van der Waals surface area contributed by atoms with Gasteiger partial charge in [-0.2, -0.15) is 0 Å². The molecule has 1 aliphatic rings. The Hall–Kier alpha value is -2.14. The second kappa shape index (κ2) is 12.4. The Kier molecular flexibility index (Phi) is 9.54. The minimum Gasteiger partial charge on any atom is -0.352 e. The van der Waals surface area contributed by atoms with Gasteiger partial charge in [0.2, 0.25) is 11.8 Å². The van der Waals surface area contributed by atoms with E-state index in [4.69, 9.17) is 0 Å². The van der Waals surface area contributed by atoms with Crippen LogP contribution in [0, 0.1) is 0 Å². The Morgan fingerprint density at radius 3 is 2.15 bits per heavy atom. The molecule has 2 amide bonds. The first-order valence-corrected chi connectivity index (χ1v) is 13.1. The van der Waals surface area contributed by atoms with Crippen molar-refractivity contribution in [1.82, 2.24) is 10.2 Å². The van der Waals surface area contributed by atoms with E-state index in [-0.39, 0.29) is 17.9 Å². The standard InChI is InChI=1S/C28H37BrN2O2/c1-20(2)24-14-9-22(10-15-24)13-18-27(32)31(19-23-11-16-25(29)17-12-23)21(3)28(33)30-26-7-5-4-6-8-26/h9-12,14-17,20-21,26H,4-8,13,18-19H2,1-3H3,(H,30,33)/t21-/m1/s1. The van der Waals surface area contributed by atoms with Crippen molar-refractivity contribution in [2.75, 3.05) is 0 Å². The predicted molar refractivity (Wildman–Crippen MR) is 138 cm³/mol. The van der Waals surface area contributed by atoms with Crippen LogP contribution in [0.15, 0.2) is 53.0 Å².